The molecule has 1 N–H and O–H groups in total. The van der Waals surface area contributed by atoms with Crippen molar-refractivity contribution < 1.29 is 9.18 Å². The minimum absolute atomic E-state index is 0.181. The second-order valence-corrected chi connectivity index (χ2v) is 5.85. The average Bonchev–Trinajstić information content (AvgIpc) is 2.81. The van der Waals surface area contributed by atoms with Crippen LogP contribution >= 0.6 is 0 Å². The lowest BCUT2D eigenvalue weighted by Crippen LogP contribution is -2.23. The first kappa shape index (κ1) is 16.7. The van der Waals surface area contributed by atoms with Crippen LogP contribution < -0.4 is 10.9 Å². The van der Waals surface area contributed by atoms with E-state index in [4.69, 9.17) is 0 Å². The number of amides is 1. The number of anilines is 1. The van der Waals surface area contributed by atoms with Crippen molar-refractivity contribution in [2.45, 2.75) is 13.8 Å². The molecule has 2 aromatic carbocycles. The molecule has 0 unspecified atom stereocenters. The van der Waals surface area contributed by atoms with Crippen LogP contribution in [0.25, 0.3) is 5.69 Å². The molecule has 0 aliphatic carbocycles. The second-order valence-electron chi connectivity index (χ2n) is 5.85. The van der Waals surface area contributed by atoms with Crippen LogP contribution in [0.5, 0.6) is 0 Å². The van der Waals surface area contributed by atoms with Gasteiger partial charge in [0.25, 0.3) is 11.5 Å². The Morgan fingerprint density at radius 1 is 1.08 bits per heavy atom. The van der Waals surface area contributed by atoms with Gasteiger partial charge in [-0.3, -0.25) is 14.3 Å². The Kier molecular flexibility index (Phi) is 4.27. The number of nitrogens with zero attached hydrogens (tertiary/aromatic N) is 2. The number of carbonyl (C=O) groups excluding carboxylic acids is 1. The molecule has 0 radical (unpaired) electrons. The minimum atomic E-state index is -0.511. The molecule has 25 heavy (non-hydrogen) atoms. The van der Waals surface area contributed by atoms with Gasteiger partial charge in [0, 0.05) is 12.6 Å². The molecule has 0 saturated carbocycles. The molecule has 128 valence electrons. The van der Waals surface area contributed by atoms with E-state index >= 15 is 0 Å². The minimum Gasteiger partial charge on any atom is -0.316 e. The summed E-state index contributed by atoms with van der Waals surface area (Å²) in [5.74, 6) is -1.01. The third kappa shape index (κ3) is 2.98. The van der Waals surface area contributed by atoms with Gasteiger partial charge in [-0.15, -0.1) is 0 Å². The molecule has 1 heterocycles. The maximum Gasteiger partial charge on any atom is 0.295 e. The number of para-hydroxylation sites is 1. The first-order valence-electron chi connectivity index (χ1n) is 7.81. The normalized spacial score (nSPS) is 10.7. The van der Waals surface area contributed by atoms with Crippen LogP contribution in [0.3, 0.4) is 0 Å². The largest absolute Gasteiger partial charge is 0.316 e. The fourth-order valence-corrected chi connectivity index (χ4v) is 2.73. The van der Waals surface area contributed by atoms with Crippen molar-refractivity contribution in [3.8, 4) is 5.69 Å². The van der Waals surface area contributed by atoms with Gasteiger partial charge in [0.2, 0.25) is 0 Å². The molecule has 0 saturated heterocycles. The van der Waals surface area contributed by atoms with Gasteiger partial charge >= 0.3 is 0 Å². The monoisotopic (exact) mass is 339 g/mol. The predicted molar refractivity (Wildman–Crippen MR) is 94.8 cm³/mol. The van der Waals surface area contributed by atoms with Gasteiger partial charge < -0.3 is 5.32 Å². The van der Waals surface area contributed by atoms with Crippen molar-refractivity contribution in [1.82, 2.24) is 9.36 Å². The molecule has 0 fully saturated rings. The highest BCUT2D eigenvalue weighted by molar-refractivity contribution is 6.05. The summed E-state index contributed by atoms with van der Waals surface area (Å²) < 4.78 is 16.6. The highest BCUT2D eigenvalue weighted by Crippen LogP contribution is 2.17. The van der Waals surface area contributed by atoms with Crippen molar-refractivity contribution in [1.29, 1.82) is 0 Å². The molecular formula is C19H18FN3O2. The molecule has 6 heteroatoms. The summed E-state index contributed by atoms with van der Waals surface area (Å²) >= 11 is 0. The number of halogens is 1. The Morgan fingerprint density at radius 3 is 2.44 bits per heavy atom. The van der Waals surface area contributed by atoms with Crippen molar-refractivity contribution in [2.75, 3.05) is 5.32 Å². The van der Waals surface area contributed by atoms with Crippen LogP contribution in [-0.4, -0.2) is 15.3 Å². The smallest absolute Gasteiger partial charge is 0.295 e. The topological polar surface area (TPSA) is 56.0 Å². The summed E-state index contributed by atoms with van der Waals surface area (Å²) in [5.41, 5.74) is 1.98. The quantitative estimate of drug-likeness (QED) is 0.797. The summed E-state index contributed by atoms with van der Waals surface area (Å²) in [5, 5.41) is 2.63. The zero-order valence-electron chi connectivity index (χ0n) is 14.2. The lowest BCUT2D eigenvalue weighted by molar-refractivity contribution is 0.102. The Bertz CT molecular complexity index is 1000. The summed E-state index contributed by atoms with van der Waals surface area (Å²) in [7, 11) is 1.74. The van der Waals surface area contributed by atoms with Gasteiger partial charge in [0.1, 0.15) is 11.5 Å². The van der Waals surface area contributed by atoms with E-state index in [9.17, 15) is 14.0 Å². The summed E-state index contributed by atoms with van der Waals surface area (Å²) in [4.78, 5) is 25.3. The van der Waals surface area contributed by atoms with E-state index in [0.717, 1.165) is 0 Å². The summed E-state index contributed by atoms with van der Waals surface area (Å²) in [6, 6.07) is 13.1. The molecule has 0 spiro atoms. The molecule has 0 atom stereocenters. The number of aromatic nitrogens is 2. The third-order valence-electron chi connectivity index (χ3n) is 4.24. The fourth-order valence-electron chi connectivity index (χ4n) is 2.73. The number of benzene rings is 2. The molecule has 0 aliphatic heterocycles. The van der Waals surface area contributed by atoms with Crippen LogP contribution in [-0.2, 0) is 7.05 Å². The first-order valence-corrected chi connectivity index (χ1v) is 7.81. The van der Waals surface area contributed by atoms with Crippen molar-refractivity contribution in [3.63, 3.8) is 0 Å². The van der Waals surface area contributed by atoms with E-state index in [1.54, 1.807) is 25.6 Å². The van der Waals surface area contributed by atoms with Gasteiger partial charge in [-0.25, -0.2) is 9.07 Å². The van der Waals surface area contributed by atoms with E-state index in [-0.39, 0.29) is 16.8 Å². The van der Waals surface area contributed by atoms with E-state index in [2.05, 4.69) is 5.32 Å². The Labute approximate surface area is 144 Å². The number of hydrogen-bond donors (Lipinski definition) is 1. The van der Waals surface area contributed by atoms with Crippen LogP contribution in [0.4, 0.5) is 10.1 Å². The number of nitrogens with one attached hydrogen (secondary N) is 1. The maximum absolute atomic E-state index is 13.4. The zero-order valence-corrected chi connectivity index (χ0v) is 14.2. The number of carbonyl (C=O) groups is 1. The SMILES string of the molecule is Cc1ccc(F)cc1C(=O)Nc1c(C)n(C)n(-c2ccccc2)c1=O. The van der Waals surface area contributed by atoms with Gasteiger partial charge in [-0.05, 0) is 43.7 Å². The van der Waals surface area contributed by atoms with E-state index in [0.29, 0.717) is 16.9 Å². The Balaban J connectivity index is 2.03. The average molecular weight is 339 g/mol. The molecular weight excluding hydrogens is 321 g/mol. The Morgan fingerprint density at radius 2 is 1.76 bits per heavy atom. The van der Waals surface area contributed by atoms with Crippen LogP contribution in [0, 0.1) is 19.7 Å². The highest BCUT2D eigenvalue weighted by atomic mass is 19.1. The lowest BCUT2D eigenvalue weighted by Gasteiger charge is -2.07. The summed E-state index contributed by atoms with van der Waals surface area (Å²) in [6.07, 6.45) is 0. The van der Waals surface area contributed by atoms with E-state index in [1.165, 1.54) is 22.9 Å². The molecule has 1 aromatic heterocycles. The number of hydrogen-bond acceptors (Lipinski definition) is 2. The highest BCUT2D eigenvalue weighted by Gasteiger charge is 2.19. The van der Waals surface area contributed by atoms with Crippen LogP contribution in [0.1, 0.15) is 21.6 Å². The zero-order chi connectivity index (χ0) is 18.1. The maximum atomic E-state index is 13.4. The van der Waals surface area contributed by atoms with Crippen LogP contribution in [0.15, 0.2) is 53.3 Å². The molecule has 0 bridgehead atoms. The van der Waals surface area contributed by atoms with Gasteiger partial charge in [0.05, 0.1) is 11.4 Å². The lowest BCUT2D eigenvalue weighted by atomic mass is 10.1. The van der Waals surface area contributed by atoms with Crippen molar-refractivity contribution in [2.24, 2.45) is 7.05 Å². The number of aryl methyl sites for hydroxylation is 1. The van der Waals surface area contributed by atoms with Crippen LogP contribution in [0.2, 0.25) is 0 Å². The molecule has 3 rings (SSSR count). The van der Waals surface area contributed by atoms with E-state index < -0.39 is 11.7 Å². The molecule has 3 aromatic rings. The van der Waals surface area contributed by atoms with Gasteiger partial charge in [-0.1, -0.05) is 24.3 Å². The van der Waals surface area contributed by atoms with Gasteiger partial charge in [-0.2, -0.15) is 0 Å². The molecule has 5 nitrogen and oxygen atoms in total. The van der Waals surface area contributed by atoms with Gasteiger partial charge in [0.15, 0.2) is 0 Å². The fraction of sp³-hybridized carbons (Fsp3) is 0.158. The number of rotatable bonds is 3. The van der Waals surface area contributed by atoms with Crippen molar-refractivity contribution >= 4 is 11.6 Å². The third-order valence-corrected chi connectivity index (χ3v) is 4.24. The van der Waals surface area contributed by atoms with E-state index in [1.807, 2.05) is 30.3 Å². The predicted octanol–water partition coefficient (Wildman–Crippen LogP) is 3.18. The summed E-state index contributed by atoms with van der Waals surface area (Å²) in [6.45, 7) is 3.46. The first-order chi connectivity index (χ1) is 11.9. The molecule has 1 amide bonds. The second kappa shape index (κ2) is 6.39. The van der Waals surface area contributed by atoms with Crippen molar-refractivity contribution in [3.05, 3.63) is 81.5 Å². The standard InChI is InChI=1S/C19H18FN3O2/c1-12-9-10-14(20)11-16(12)18(24)21-17-13(2)22(3)23(19(17)25)15-7-5-4-6-8-15/h4-11H,1-3H3,(H,21,24). The Hall–Kier alpha value is -3.15. The molecule has 0 aliphatic rings.